The first kappa shape index (κ1) is 26.9. The molecule has 2 aromatic carbocycles. The first-order valence-corrected chi connectivity index (χ1v) is 13.3. The predicted molar refractivity (Wildman–Crippen MR) is 148 cm³/mol. The highest BCUT2D eigenvalue weighted by molar-refractivity contribution is 7.98. The van der Waals surface area contributed by atoms with E-state index in [0.29, 0.717) is 27.7 Å². The maximum absolute atomic E-state index is 10.0. The highest BCUT2D eigenvalue weighted by Gasteiger charge is 2.21. The summed E-state index contributed by atoms with van der Waals surface area (Å²) >= 11 is 2.81. The van der Waals surface area contributed by atoms with E-state index in [1.54, 1.807) is 24.3 Å². The van der Waals surface area contributed by atoms with Crippen LogP contribution in [-0.2, 0) is 5.75 Å². The number of hydrogen-bond donors (Lipinski definition) is 4. The molecule has 0 saturated carbocycles. The number of nitrogens with zero attached hydrogens (tertiary/aromatic N) is 4. The molecule has 0 amide bonds. The molecule has 0 radical (unpaired) electrons. The number of aliphatic hydroxyl groups excluding tert-OH is 2. The van der Waals surface area contributed by atoms with Gasteiger partial charge in [-0.1, -0.05) is 36.0 Å². The number of benzene rings is 2. The van der Waals surface area contributed by atoms with Crippen LogP contribution in [0.25, 0.3) is 11.1 Å². The average molecular weight is 545 g/mol. The number of anilines is 3. The Hall–Kier alpha value is -4.13. The molecule has 0 saturated heterocycles. The minimum absolute atomic E-state index is 0.0375. The van der Waals surface area contributed by atoms with Crippen molar-refractivity contribution >= 4 is 39.7 Å². The number of thioether (sulfide) groups is 1. The fraction of sp³-hybridized carbons (Fsp3) is 0.185. The number of aryl methyl sites for hydroxylation is 1. The van der Waals surface area contributed by atoms with Crippen LogP contribution in [0.3, 0.4) is 0 Å². The summed E-state index contributed by atoms with van der Waals surface area (Å²) in [6.45, 7) is 1.56. The Balaban J connectivity index is 1.56. The number of ether oxygens (including phenoxy) is 1. The molecule has 4 aromatic rings. The normalized spacial score (nSPS) is 11.4. The zero-order valence-corrected chi connectivity index (χ0v) is 22.0. The van der Waals surface area contributed by atoms with E-state index < -0.39 is 12.7 Å². The van der Waals surface area contributed by atoms with Gasteiger partial charge in [-0.3, -0.25) is 0 Å². The predicted octanol–water partition coefficient (Wildman–Crippen LogP) is 4.61. The average Bonchev–Trinajstić information content (AvgIpc) is 3.37. The number of pyridine rings is 1. The number of nitrogens with two attached hydrogens (primary N) is 1. The Labute approximate surface area is 228 Å². The SMILES string of the molecule is Cc1cccc(Nc2nc(CSc3nc(N)c(C#N)c(-c4ccc(OC[C@H](O)CO)cc4)c3C#N)cs2)c1. The molecule has 0 fully saturated rings. The number of aliphatic hydroxyl groups is 2. The number of hydrogen-bond acceptors (Lipinski definition) is 11. The van der Waals surface area contributed by atoms with E-state index in [-0.39, 0.29) is 23.6 Å². The van der Waals surface area contributed by atoms with Gasteiger partial charge in [0.25, 0.3) is 0 Å². The molecule has 5 N–H and O–H groups in total. The lowest BCUT2D eigenvalue weighted by atomic mass is 9.97. The third-order valence-electron chi connectivity index (χ3n) is 5.39. The van der Waals surface area contributed by atoms with Crippen LogP contribution in [0, 0.1) is 29.6 Å². The molecule has 0 unspecified atom stereocenters. The van der Waals surface area contributed by atoms with Gasteiger partial charge in [0, 0.05) is 22.4 Å². The monoisotopic (exact) mass is 544 g/mol. The molecule has 11 heteroatoms. The maximum atomic E-state index is 10.0. The molecule has 1 atom stereocenters. The maximum Gasteiger partial charge on any atom is 0.187 e. The second-order valence-corrected chi connectivity index (χ2v) is 10.1. The van der Waals surface area contributed by atoms with Crippen LogP contribution in [0.4, 0.5) is 16.6 Å². The van der Waals surface area contributed by atoms with Crippen molar-refractivity contribution in [2.24, 2.45) is 0 Å². The molecular formula is C27H24N6O3S2. The summed E-state index contributed by atoms with van der Waals surface area (Å²) < 4.78 is 5.45. The van der Waals surface area contributed by atoms with Crippen LogP contribution in [0.5, 0.6) is 5.75 Å². The first-order chi connectivity index (χ1) is 18.4. The molecular weight excluding hydrogens is 520 g/mol. The van der Waals surface area contributed by atoms with E-state index in [9.17, 15) is 15.6 Å². The highest BCUT2D eigenvalue weighted by Crippen LogP contribution is 2.37. The van der Waals surface area contributed by atoms with Crippen molar-refractivity contribution in [1.29, 1.82) is 10.5 Å². The van der Waals surface area contributed by atoms with Gasteiger partial charge in [0.05, 0.1) is 17.9 Å². The zero-order valence-electron chi connectivity index (χ0n) is 20.4. The van der Waals surface area contributed by atoms with Crippen molar-refractivity contribution in [1.82, 2.24) is 9.97 Å². The summed E-state index contributed by atoms with van der Waals surface area (Å²) in [5, 5.41) is 44.6. The number of thiazole rings is 1. The van der Waals surface area contributed by atoms with E-state index >= 15 is 0 Å². The number of nitrogens with one attached hydrogen (secondary N) is 1. The number of rotatable bonds is 10. The standard InChI is InChI=1S/C27H24N6O3S2/c1-16-3-2-4-18(9-16)31-27-32-19(15-38-27)14-37-26-23(11-29)24(22(10-28)25(30)33-26)17-5-7-21(8-6-17)36-13-20(35)12-34/h2-9,15,20,34-35H,12-14H2,1H3,(H2,30,33)(H,31,32)/t20-/m1/s1. The smallest absolute Gasteiger partial charge is 0.187 e. The number of nitriles is 2. The van der Waals surface area contributed by atoms with Crippen LogP contribution in [-0.4, -0.2) is 39.5 Å². The van der Waals surface area contributed by atoms with Crippen molar-refractivity contribution in [3.8, 4) is 29.0 Å². The molecule has 9 nitrogen and oxygen atoms in total. The van der Waals surface area contributed by atoms with Gasteiger partial charge in [0.15, 0.2) is 5.13 Å². The van der Waals surface area contributed by atoms with Crippen molar-refractivity contribution in [3.05, 3.63) is 76.3 Å². The molecule has 0 spiro atoms. The topological polar surface area (TPSA) is 161 Å². The van der Waals surface area contributed by atoms with Crippen molar-refractivity contribution in [3.63, 3.8) is 0 Å². The van der Waals surface area contributed by atoms with Crippen LogP contribution >= 0.6 is 23.1 Å². The summed E-state index contributed by atoms with van der Waals surface area (Å²) in [6, 6.07) is 19.0. The van der Waals surface area contributed by atoms with Gasteiger partial charge in [-0.05, 0) is 42.3 Å². The fourth-order valence-electron chi connectivity index (χ4n) is 3.57. The lowest BCUT2D eigenvalue weighted by Gasteiger charge is -2.14. The molecule has 38 heavy (non-hydrogen) atoms. The van der Waals surface area contributed by atoms with Crippen molar-refractivity contribution in [2.45, 2.75) is 23.8 Å². The fourth-order valence-corrected chi connectivity index (χ4v) is 5.30. The number of aromatic nitrogens is 2. The Kier molecular flexibility index (Phi) is 8.79. The van der Waals surface area contributed by atoms with E-state index in [1.165, 1.54) is 23.1 Å². The summed E-state index contributed by atoms with van der Waals surface area (Å²) in [6.07, 6.45) is -0.989. The quantitative estimate of drug-likeness (QED) is 0.208. The van der Waals surface area contributed by atoms with Crippen LogP contribution in [0.15, 0.2) is 58.9 Å². The lowest BCUT2D eigenvalue weighted by molar-refractivity contribution is 0.0536. The summed E-state index contributed by atoms with van der Waals surface area (Å²) in [5.74, 6) is 0.960. The van der Waals surface area contributed by atoms with Gasteiger partial charge in [-0.2, -0.15) is 10.5 Å². The summed E-state index contributed by atoms with van der Waals surface area (Å²) in [4.78, 5) is 8.99. The Morgan fingerprint density at radius 1 is 1.13 bits per heavy atom. The zero-order chi connectivity index (χ0) is 27.1. The van der Waals surface area contributed by atoms with Gasteiger partial charge in [0.2, 0.25) is 0 Å². The van der Waals surface area contributed by atoms with E-state index in [1.807, 2.05) is 36.6 Å². The summed E-state index contributed by atoms with van der Waals surface area (Å²) in [5.41, 5.74) is 10.4. The van der Waals surface area contributed by atoms with Gasteiger partial charge < -0.3 is 26.0 Å². The molecule has 0 bridgehead atoms. The van der Waals surface area contributed by atoms with E-state index in [0.717, 1.165) is 22.1 Å². The minimum atomic E-state index is -0.989. The Morgan fingerprint density at radius 3 is 2.58 bits per heavy atom. The van der Waals surface area contributed by atoms with Crippen LogP contribution in [0.2, 0.25) is 0 Å². The van der Waals surface area contributed by atoms with Crippen LogP contribution < -0.4 is 15.8 Å². The molecule has 0 aliphatic carbocycles. The third kappa shape index (κ3) is 6.40. The van der Waals surface area contributed by atoms with Gasteiger partial charge in [-0.25, -0.2) is 9.97 Å². The molecule has 0 aliphatic heterocycles. The van der Waals surface area contributed by atoms with Crippen LogP contribution in [0.1, 0.15) is 22.4 Å². The number of nitrogen functional groups attached to an aromatic ring is 1. The largest absolute Gasteiger partial charge is 0.491 e. The van der Waals surface area contributed by atoms with Gasteiger partial charge in [0.1, 0.15) is 47.0 Å². The van der Waals surface area contributed by atoms with Gasteiger partial charge in [-0.15, -0.1) is 11.3 Å². The summed E-state index contributed by atoms with van der Waals surface area (Å²) in [7, 11) is 0. The third-order valence-corrected chi connectivity index (χ3v) is 7.21. The minimum Gasteiger partial charge on any atom is -0.491 e. The molecule has 192 valence electrons. The van der Waals surface area contributed by atoms with Crippen molar-refractivity contribution < 1.29 is 14.9 Å². The molecule has 2 aromatic heterocycles. The van der Waals surface area contributed by atoms with Gasteiger partial charge >= 0.3 is 0 Å². The highest BCUT2D eigenvalue weighted by atomic mass is 32.2. The van der Waals surface area contributed by atoms with Crippen molar-refractivity contribution in [2.75, 3.05) is 24.3 Å². The van der Waals surface area contributed by atoms with E-state index in [2.05, 4.69) is 27.4 Å². The molecule has 2 heterocycles. The Bertz CT molecular complexity index is 1510. The second kappa shape index (κ2) is 12.4. The molecule has 0 aliphatic rings. The second-order valence-electron chi connectivity index (χ2n) is 8.25. The Morgan fingerprint density at radius 2 is 1.89 bits per heavy atom. The first-order valence-electron chi connectivity index (χ1n) is 11.5. The molecule has 4 rings (SSSR count). The van der Waals surface area contributed by atoms with E-state index in [4.69, 9.17) is 15.6 Å². The lowest BCUT2D eigenvalue weighted by Crippen LogP contribution is -2.21.